The van der Waals surface area contributed by atoms with E-state index in [1.165, 1.54) is 21.6 Å². The molecule has 0 radical (unpaired) electrons. The van der Waals surface area contributed by atoms with E-state index < -0.39 is 0 Å². The monoisotopic (exact) mass is 264 g/mol. The molecule has 0 saturated heterocycles. The van der Waals surface area contributed by atoms with Gasteiger partial charge < -0.3 is 0 Å². The van der Waals surface area contributed by atoms with Crippen LogP contribution in [0.1, 0.15) is 76.0 Å². The molecule has 0 fully saturated rings. The van der Waals surface area contributed by atoms with Gasteiger partial charge in [0.15, 0.2) is 0 Å². The van der Waals surface area contributed by atoms with Crippen molar-refractivity contribution in [3.05, 3.63) is 42.0 Å². The molecule has 18 heavy (non-hydrogen) atoms. The maximum atomic E-state index is 4.71. The molecule has 1 rings (SSSR count). The standard InChI is InChI=1S/C15H24S.C2H4/c1-9(2)12-7-13(10(3)4)15(16)14(8-12)11(5)6;1-2/h7-11,16H,1-6H3;1-2H2. The highest BCUT2D eigenvalue weighted by atomic mass is 32.1. The third kappa shape index (κ3) is 4.20. The second-order valence-electron chi connectivity index (χ2n) is 5.51. The zero-order valence-electron chi connectivity index (χ0n) is 12.7. The van der Waals surface area contributed by atoms with E-state index in [4.69, 9.17) is 12.6 Å². The molecule has 0 spiro atoms. The maximum absolute atomic E-state index is 4.71. The van der Waals surface area contributed by atoms with E-state index in [2.05, 4.69) is 66.8 Å². The van der Waals surface area contributed by atoms with Crippen LogP contribution >= 0.6 is 12.6 Å². The summed E-state index contributed by atoms with van der Waals surface area (Å²) in [7, 11) is 0. The first-order valence-corrected chi connectivity index (χ1v) is 7.16. The van der Waals surface area contributed by atoms with Crippen LogP contribution in [0, 0.1) is 0 Å². The van der Waals surface area contributed by atoms with E-state index in [9.17, 15) is 0 Å². The number of thiol groups is 1. The Bertz CT molecular complexity index is 346. The average Bonchev–Trinajstić information content (AvgIpc) is 2.30. The summed E-state index contributed by atoms with van der Waals surface area (Å²) in [5, 5.41) is 0. The zero-order chi connectivity index (χ0) is 14.5. The van der Waals surface area contributed by atoms with E-state index >= 15 is 0 Å². The van der Waals surface area contributed by atoms with Crippen molar-refractivity contribution < 1.29 is 0 Å². The molecule has 0 bridgehead atoms. The van der Waals surface area contributed by atoms with Gasteiger partial charge in [0.1, 0.15) is 0 Å². The van der Waals surface area contributed by atoms with Gasteiger partial charge in [-0.3, -0.25) is 0 Å². The van der Waals surface area contributed by atoms with Crippen LogP contribution in [0.25, 0.3) is 0 Å². The van der Waals surface area contributed by atoms with Crippen LogP contribution in [0.4, 0.5) is 0 Å². The highest BCUT2D eigenvalue weighted by molar-refractivity contribution is 7.80. The number of rotatable bonds is 3. The van der Waals surface area contributed by atoms with Crippen molar-refractivity contribution in [1.82, 2.24) is 0 Å². The van der Waals surface area contributed by atoms with Gasteiger partial charge in [0.05, 0.1) is 0 Å². The molecule has 0 unspecified atom stereocenters. The van der Waals surface area contributed by atoms with Gasteiger partial charge in [0, 0.05) is 4.90 Å². The largest absolute Gasteiger partial charge is 0.143 e. The first-order valence-electron chi connectivity index (χ1n) is 6.71. The summed E-state index contributed by atoms with van der Waals surface area (Å²) >= 11 is 4.71. The summed E-state index contributed by atoms with van der Waals surface area (Å²) in [6.07, 6.45) is 0. The molecule has 1 aromatic carbocycles. The van der Waals surface area contributed by atoms with Crippen molar-refractivity contribution in [3.63, 3.8) is 0 Å². The number of hydrogen-bond donors (Lipinski definition) is 1. The lowest BCUT2D eigenvalue weighted by Gasteiger charge is -2.19. The number of hydrogen-bond acceptors (Lipinski definition) is 1. The molecule has 0 aliphatic carbocycles. The van der Waals surface area contributed by atoms with E-state index in [0.717, 1.165) is 0 Å². The molecular weight excluding hydrogens is 236 g/mol. The van der Waals surface area contributed by atoms with Crippen molar-refractivity contribution in [2.24, 2.45) is 0 Å². The van der Waals surface area contributed by atoms with Crippen LogP contribution in [0.15, 0.2) is 30.2 Å². The predicted octanol–water partition coefficient (Wildman–Crippen LogP) is 6.15. The second-order valence-corrected chi connectivity index (χ2v) is 5.96. The smallest absolute Gasteiger partial charge is 0.0110 e. The molecule has 102 valence electrons. The fraction of sp³-hybridized carbons (Fsp3) is 0.529. The highest BCUT2D eigenvalue weighted by Gasteiger charge is 2.14. The summed E-state index contributed by atoms with van der Waals surface area (Å²) in [5.74, 6) is 1.68. The lowest BCUT2D eigenvalue weighted by Crippen LogP contribution is -2.01. The van der Waals surface area contributed by atoms with Crippen molar-refractivity contribution in [2.75, 3.05) is 0 Å². The minimum absolute atomic E-state index is 0.545. The molecule has 1 aromatic rings. The van der Waals surface area contributed by atoms with Crippen LogP contribution in [0.5, 0.6) is 0 Å². The zero-order valence-corrected chi connectivity index (χ0v) is 13.6. The third-order valence-corrected chi connectivity index (χ3v) is 3.62. The van der Waals surface area contributed by atoms with Crippen LogP contribution < -0.4 is 0 Å². The molecule has 0 saturated carbocycles. The lowest BCUT2D eigenvalue weighted by atomic mass is 9.89. The number of benzene rings is 1. The van der Waals surface area contributed by atoms with Crippen molar-refractivity contribution in [1.29, 1.82) is 0 Å². The normalized spacial score (nSPS) is 10.8. The highest BCUT2D eigenvalue weighted by Crippen LogP contribution is 2.33. The quantitative estimate of drug-likeness (QED) is 0.491. The fourth-order valence-electron chi connectivity index (χ4n) is 1.92. The van der Waals surface area contributed by atoms with E-state index in [0.29, 0.717) is 17.8 Å². The van der Waals surface area contributed by atoms with Gasteiger partial charge in [-0.05, 0) is 34.4 Å². The van der Waals surface area contributed by atoms with Crippen LogP contribution in [0.3, 0.4) is 0 Å². The average molecular weight is 264 g/mol. The second kappa shape index (κ2) is 7.68. The Hall–Kier alpha value is -0.690. The molecule has 0 heterocycles. The minimum atomic E-state index is 0.545. The Morgan fingerprint density at radius 1 is 0.778 bits per heavy atom. The van der Waals surface area contributed by atoms with Gasteiger partial charge in [-0.2, -0.15) is 0 Å². The Labute approximate surface area is 119 Å². The lowest BCUT2D eigenvalue weighted by molar-refractivity contribution is 0.773. The Kier molecular flexibility index (Phi) is 7.39. The maximum Gasteiger partial charge on any atom is 0.0110 e. The topological polar surface area (TPSA) is 0 Å². The molecule has 0 aliphatic rings. The van der Waals surface area contributed by atoms with Crippen LogP contribution in [-0.4, -0.2) is 0 Å². The summed E-state index contributed by atoms with van der Waals surface area (Å²) < 4.78 is 0. The molecule has 0 N–H and O–H groups in total. The Balaban J connectivity index is 0.00000137. The van der Waals surface area contributed by atoms with Gasteiger partial charge in [0.25, 0.3) is 0 Å². The third-order valence-electron chi connectivity index (χ3n) is 3.10. The molecule has 1 heteroatoms. The van der Waals surface area contributed by atoms with E-state index in [1.54, 1.807) is 0 Å². The summed E-state index contributed by atoms with van der Waals surface area (Å²) in [5.41, 5.74) is 4.21. The Morgan fingerprint density at radius 3 is 1.33 bits per heavy atom. The minimum Gasteiger partial charge on any atom is -0.143 e. The van der Waals surface area contributed by atoms with Gasteiger partial charge in [-0.1, -0.05) is 53.7 Å². The summed E-state index contributed by atoms with van der Waals surface area (Å²) in [6, 6.07) is 4.65. The van der Waals surface area contributed by atoms with Crippen molar-refractivity contribution in [2.45, 2.75) is 64.2 Å². The molecular formula is C17H28S. The molecule has 0 aromatic heterocycles. The summed E-state index contributed by atoms with van der Waals surface area (Å²) in [6.45, 7) is 19.5. The van der Waals surface area contributed by atoms with Crippen LogP contribution in [-0.2, 0) is 0 Å². The van der Waals surface area contributed by atoms with E-state index in [-0.39, 0.29) is 0 Å². The van der Waals surface area contributed by atoms with Gasteiger partial charge in [-0.15, -0.1) is 25.8 Å². The van der Waals surface area contributed by atoms with Gasteiger partial charge in [-0.25, -0.2) is 0 Å². The van der Waals surface area contributed by atoms with Gasteiger partial charge >= 0.3 is 0 Å². The van der Waals surface area contributed by atoms with Crippen LogP contribution in [0.2, 0.25) is 0 Å². The Morgan fingerprint density at radius 2 is 1.11 bits per heavy atom. The van der Waals surface area contributed by atoms with Gasteiger partial charge in [0.2, 0.25) is 0 Å². The van der Waals surface area contributed by atoms with E-state index in [1.807, 2.05) is 0 Å². The molecule has 0 aliphatic heterocycles. The fourth-order valence-corrected chi connectivity index (χ4v) is 2.56. The molecule has 0 nitrogen and oxygen atoms in total. The SMILES string of the molecule is C=C.CC(C)c1cc(C(C)C)c(S)c(C(C)C)c1. The molecule has 0 amide bonds. The van der Waals surface area contributed by atoms with Crippen molar-refractivity contribution >= 4 is 12.6 Å². The summed E-state index contributed by atoms with van der Waals surface area (Å²) in [4.78, 5) is 1.19. The predicted molar refractivity (Wildman–Crippen MR) is 87.2 cm³/mol. The first kappa shape index (κ1) is 17.3. The first-order chi connectivity index (χ1) is 8.34. The molecule has 0 atom stereocenters. The van der Waals surface area contributed by atoms with Crippen molar-refractivity contribution in [3.8, 4) is 0 Å².